The van der Waals surface area contributed by atoms with Crippen LogP contribution in [0.25, 0.3) is 0 Å². The highest BCUT2D eigenvalue weighted by atomic mass is 35.5. The van der Waals surface area contributed by atoms with E-state index in [1.165, 1.54) is 12.1 Å². The molecule has 2 aromatic rings. The molecule has 0 radical (unpaired) electrons. The van der Waals surface area contributed by atoms with Gasteiger partial charge >= 0.3 is 5.97 Å². The maximum Gasteiger partial charge on any atom is 0.340 e. The van der Waals surface area contributed by atoms with Gasteiger partial charge in [0.2, 0.25) is 0 Å². The van der Waals surface area contributed by atoms with Crippen LogP contribution in [0.1, 0.15) is 20.7 Å². The summed E-state index contributed by atoms with van der Waals surface area (Å²) in [5.74, 6) is -3.01. The van der Waals surface area contributed by atoms with Crippen molar-refractivity contribution >= 4 is 23.4 Å². The summed E-state index contributed by atoms with van der Waals surface area (Å²) in [6.07, 6.45) is 0. The minimum Gasteiger partial charge on any atom is -0.486 e. The second kappa shape index (κ2) is 7.06. The second-order valence-corrected chi connectivity index (χ2v) is 5.51. The van der Waals surface area contributed by atoms with Crippen molar-refractivity contribution in [2.75, 3.05) is 19.8 Å². The highest BCUT2D eigenvalue weighted by Gasteiger charge is 2.19. The van der Waals surface area contributed by atoms with E-state index < -0.39 is 30.0 Å². The molecule has 0 N–H and O–H groups in total. The Bertz CT molecular complexity index is 853. The molecule has 1 aliphatic rings. The zero-order chi connectivity index (χ0) is 18.0. The smallest absolute Gasteiger partial charge is 0.340 e. The molecule has 1 heterocycles. The molecule has 0 saturated heterocycles. The number of Topliss-reactive ketones (excluding diaryl/α,β-unsaturated/α-hetero) is 1. The van der Waals surface area contributed by atoms with Crippen molar-refractivity contribution in [2.45, 2.75) is 0 Å². The van der Waals surface area contributed by atoms with Gasteiger partial charge < -0.3 is 14.2 Å². The number of fused-ring (bicyclic) bond motifs is 1. The molecule has 5 nitrogen and oxygen atoms in total. The van der Waals surface area contributed by atoms with E-state index in [0.717, 1.165) is 0 Å². The number of ketones is 1. The first-order valence-corrected chi connectivity index (χ1v) is 7.58. The van der Waals surface area contributed by atoms with Gasteiger partial charge in [-0.15, -0.1) is 0 Å². The van der Waals surface area contributed by atoms with Gasteiger partial charge in [-0.05, 0) is 30.3 Å². The fourth-order valence-electron chi connectivity index (χ4n) is 2.19. The topological polar surface area (TPSA) is 61.8 Å². The molecular formula is C17H11ClF2O5. The zero-order valence-corrected chi connectivity index (χ0v) is 13.4. The summed E-state index contributed by atoms with van der Waals surface area (Å²) in [7, 11) is 0. The van der Waals surface area contributed by atoms with Gasteiger partial charge in [-0.25, -0.2) is 13.6 Å². The Morgan fingerprint density at radius 1 is 1.04 bits per heavy atom. The van der Waals surface area contributed by atoms with Crippen molar-refractivity contribution in [3.05, 3.63) is 58.1 Å². The number of benzene rings is 2. The summed E-state index contributed by atoms with van der Waals surface area (Å²) in [5.41, 5.74) is -0.107. The Morgan fingerprint density at radius 3 is 2.48 bits per heavy atom. The monoisotopic (exact) mass is 368 g/mol. The molecule has 0 unspecified atom stereocenters. The van der Waals surface area contributed by atoms with Gasteiger partial charge in [0, 0.05) is 5.56 Å². The van der Waals surface area contributed by atoms with Crippen LogP contribution in [0, 0.1) is 11.6 Å². The zero-order valence-electron chi connectivity index (χ0n) is 12.7. The van der Waals surface area contributed by atoms with Crippen molar-refractivity contribution in [3.63, 3.8) is 0 Å². The lowest BCUT2D eigenvalue weighted by Crippen LogP contribution is -2.17. The van der Waals surface area contributed by atoms with Gasteiger partial charge in [-0.2, -0.15) is 0 Å². The molecule has 0 amide bonds. The van der Waals surface area contributed by atoms with Gasteiger partial charge in [-0.1, -0.05) is 11.6 Å². The SMILES string of the molecule is O=C(COC(=O)c1cc(F)c(F)cc1Cl)c1ccc2c(c1)OCCO2. The Kier molecular flexibility index (Phi) is 4.85. The summed E-state index contributed by atoms with van der Waals surface area (Å²) in [4.78, 5) is 24.0. The molecule has 0 atom stereocenters. The number of carbonyl (C=O) groups excluding carboxylic acids is 2. The van der Waals surface area contributed by atoms with E-state index >= 15 is 0 Å². The Morgan fingerprint density at radius 2 is 1.72 bits per heavy atom. The van der Waals surface area contributed by atoms with Crippen molar-refractivity contribution in [2.24, 2.45) is 0 Å². The first kappa shape index (κ1) is 17.2. The van der Waals surface area contributed by atoms with Crippen LogP contribution >= 0.6 is 11.6 Å². The fraction of sp³-hybridized carbons (Fsp3) is 0.176. The summed E-state index contributed by atoms with van der Waals surface area (Å²) in [6, 6.07) is 5.85. The number of rotatable bonds is 4. The fourth-order valence-corrected chi connectivity index (χ4v) is 2.42. The largest absolute Gasteiger partial charge is 0.486 e. The van der Waals surface area contributed by atoms with Crippen LogP contribution in [0.4, 0.5) is 8.78 Å². The molecule has 1 aliphatic heterocycles. The van der Waals surface area contributed by atoms with Crippen LogP contribution in [-0.4, -0.2) is 31.6 Å². The molecule has 3 rings (SSSR count). The molecule has 0 spiro atoms. The second-order valence-electron chi connectivity index (χ2n) is 5.10. The number of carbonyl (C=O) groups is 2. The lowest BCUT2D eigenvalue weighted by molar-refractivity contribution is 0.0474. The summed E-state index contributed by atoms with van der Waals surface area (Å²) >= 11 is 5.69. The van der Waals surface area contributed by atoms with Crippen molar-refractivity contribution in [1.82, 2.24) is 0 Å². The minimum atomic E-state index is -1.24. The number of ether oxygens (including phenoxy) is 3. The van der Waals surface area contributed by atoms with E-state index in [2.05, 4.69) is 0 Å². The van der Waals surface area contributed by atoms with Gasteiger partial charge in [0.1, 0.15) is 13.2 Å². The Hall–Kier alpha value is -2.67. The summed E-state index contributed by atoms with van der Waals surface area (Å²) in [5, 5.41) is -0.310. The lowest BCUT2D eigenvalue weighted by atomic mass is 10.1. The Labute approximate surface area is 146 Å². The molecule has 8 heteroatoms. The first-order valence-electron chi connectivity index (χ1n) is 7.20. The maximum atomic E-state index is 13.2. The summed E-state index contributed by atoms with van der Waals surface area (Å²) in [6.45, 7) is 0.203. The van der Waals surface area contributed by atoms with Crippen molar-refractivity contribution in [3.8, 4) is 11.5 Å². The molecule has 0 aliphatic carbocycles. The van der Waals surface area contributed by atoms with Gasteiger partial charge in [0.25, 0.3) is 0 Å². The van der Waals surface area contributed by atoms with Crippen LogP contribution < -0.4 is 9.47 Å². The molecule has 130 valence electrons. The van der Waals surface area contributed by atoms with Crippen LogP contribution in [0.2, 0.25) is 5.02 Å². The van der Waals surface area contributed by atoms with Crippen LogP contribution in [0.15, 0.2) is 30.3 Å². The number of halogens is 3. The van der Waals surface area contributed by atoms with Crippen molar-refractivity contribution in [1.29, 1.82) is 0 Å². The Balaban J connectivity index is 1.68. The van der Waals surface area contributed by atoms with Gasteiger partial charge in [0.15, 0.2) is 35.5 Å². The van der Waals surface area contributed by atoms with Gasteiger partial charge in [-0.3, -0.25) is 4.79 Å². The third-order valence-corrected chi connectivity index (χ3v) is 3.74. The molecule has 0 aromatic heterocycles. The maximum absolute atomic E-state index is 13.2. The van der Waals surface area contributed by atoms with Gasteiger partial charge in [0.05, 0.1) is 10.6 Å². The quantitative estimate of drug-likeness (QED) is 0.470. The van der Waals surface area contributed by atoms with Crippen LogP contribution in [0.3, 0.4) is 0 Å². The summed E-state index contributed by atoms with van der Waals surface area (Å²) < 4.78 is 41.8. The number of hydrogen-bond acceptors (Lipinski definition) is 5. The number of esters is 1. The van der Waals surface area contributed by atoms with E-state index in [4.69, 9.17) is 25.8 Å². The predicted octanol–water partition coefficient (Wildman–Crippen LogP) is 3.43. The predicted molar refractivity (Wildman–Crippen MR) is 83.4 cm³/mol. The average molecular weight is 369 g/mol. The standard InChI is InChI=1S/C17H11ClF2O5/c18-11-7-13(20)12(19)6-10(11)17(22)25-8-14(21)9-1-2-15-16(5-9)24-4-3-23-15/h1-2,5-7H,3-4,8H2. The minimum absolute atomic E-state index is 0.258. The van der Waals surface area contributed by atoms with E-state index in [1.54, 1.807) is 6.07 Å². The molecule has 0 saturated carbocycles. The molecule has 0 fully saturated rings. The first-order chi connectivity index (χ1) is 12.0. The third-order valence-electron chi connectivity index (χ3n) is 3.43. The normalized spacial score (nSPS) is 12.6. The highest BCUT2D eigenvalue weighted by molar-refractivity contribution is 6.33. The van der Waals surface area contributed by atoms with Crippen molar-refractivity contribution < 1.29 is 32.6 Å². The molecule has 25 heavy (non-hydrogen) atoms. The van der Waals surface area contributed by atoms with E-state index in [1.807, 2.05) is 0 Å². The van der Waals surface area contributed by atoms with Crippen LogP contribution in [0.5, 0.6) is 11.5 Å². The van der Waals surface area contributed by atoms with E-state index in [-0.39, 0.29) is 16.1 Å². The average Bonchev–Trinajstić information content (AvgIpc) is 2.62. The highest BCUT2D eigenvalue weighted by Crippen LogP contribution is 2.31. The van der Waals surface area contributed by atoms with E-state index in [0.29, 0.717) is 36.8 Å². The third kappa shape index (κ3) is 3.71. The molecular weight excluding hydrogens is 358 g/mol. The molecule has 0 bridgehead atoms. The lowest BCUT2D eigenvalue weighted by Gasteiger charge is -2.18. The van der Waals surface area contributed by atoms with E-state index in [9.17, 15) is 18.4 Å². The number of hydrogen-bond donors (Lipinski definition) is 0. The van der Waals surface area contributed by atoms with Crippen LogP contribution in [-0.2, 0) is 4.74 Å². The molecule has 2 aromatic carbocycles.